The maximum absolute atomic E-state index is 9.00. The predicted octanol–water partition coefficient (Wildman–Crippen LogP) is 2.97. The van der Waals surface area contributed by atoms with E-state index in [1.54, 1.807) is 0 Å². The van der Waals surface area contributed by atoms with Gasteiger partial charge in [-0.1, -0.05) is 25.3 Å². The lowest BCUT2D eigenvalue weighted by atomic mass is 9.78. The molecule has 0 aromatic heterocycles. The van der Waals surface area contributed by atoms with Crippen molar-refractivity contribution in [3.8, 4) is 6.07 Å². The molecule has 1 aromatic rings. The van der Waals surface area contributed by atoms with Gasteiger partial charge in [-0.15, -0.1) is 0 Å². The van der Waals surface area contributed by atoms with Crippen LogP contribution >= 0.6 is 0 Å². The highest BCUT2D eigenvalue weighted by Crippen LogP contribution is 2.35. The summed E-state index contributed by atoms with van der Waals surface area (Å²) in [4.78, 5) is 2.71. The van der Waals surface area contributed by atoms with Crippen molar-refractivity contribution in [1.82, 2.24) is 10.2 Å². The van der Waals surface area contributed by atoms with Crippen LogP contribution < -0.4 is 5.32 Å². The van der Waals surface area contributed by atoms with E-state index in [4.69, 9.17) is 5.26 Å². The molecule has 1 heterocycles. The Bertz CT molecular complexity index is 530. The normalized spacial score (nSPS) is 22.1. The summed E-state index contributed by atoms with van der Waals surface area (Å²) in [7, 11) is 0. The summed E-state index contributed by atoms with van der Waals surface area (Å²) in [5.74, 6) is 0. The Hall–Kier alpha value is -1.37. The van der Waals surface area contributed by atoms with E-state index in [1.807, 2.05) is 12.1 Å². The topological polar surface area (TPSA) is 39.1 Å². The second-order valence-corrected chi connectivity index (χ2v) is 6.64. The van der Waals surface area contributed by atoms with Gasteiger partial charge in [0, 0.05) is 31.7 Å². The van der Waals surface area contributed by atoms with Crippen molar-refractivity contribution in [2.45, 2.75) is 51.1 Å². The van der Waals surface area contributed by atoms with Gasteiger partial charge in [-0.2, -0.15) is 5.26 Å². The third-order valence-electron chi connectivity index (χ3n) is 5.30. The van der Waals surface area contributed by atoms with Gasteiger partial charge >= 0.3 is 0 Å². The number of hydrogen-bond donors (Lipinski definition) is 1. The number of aryl methyl sites for hydroxylation is 1. The zero-order valence-corrected chi connectivity index (χ0v) is 13.0. The molecule has 1 N–H and O–H groups in total. The van der Waals surface area contributed by atoms with Crippen LogP contribution in [0.25, 0.3) is 0 Å². The van der Waals surface area contributed by atoms with E-state index in [0.29, 0.717) is 5.54 Å². The zero-order chi connectivity index (χ0) is 14.7. The number of piperazine rings is 1. The fraction of sp³-hybridized carbons (Fsp3) is 0.611. The van der Waals surface area contributed by atoms with Gasteiger partial charge in [0.15, 0.2) is 0 Å². The van der Waals surface area contributed by atoms with Crippen molar-refractivity contribution >= 4 is 0 Å². The number of nitrogens with zero attached hydrogens (tertiary/aromatic N) is 2. The van der Waals surface area contributed by atoms with E-state index in [2.05, 4.69) is 29.3 Å². The molecule has 0 amide bonds. The summed E-state index contributed by atoms with van der Waals surface area (Å²) in [6, 6.07) is 8.35. The van der Waals surface area contributed by atoms with E-state index in [0.717, 1.165) is 31.7 Å². The first-order valence-electron chi connectivity index (χ1n) is 8.19. The van der Waals surface area contributed by atoms with Gasteiger partial charge in [0.05, 0.1) is 11.6 Å². The van der Waals surface area contributed by atoms with Crippen molar-refractivity contribution in [2.24, 2.45) is 0 Å². The Labute approximate surface area is 128 Å². The molecule has 1 spiro atoms. The number of hydrogen-bond acceptors (Lipinski definition) is 3. The molecule has 1 saturated carbocycles. The average molecular weight is 283 g/mol. The van der Waals surface area contributed by atoms with Crippen LogP contribution in [0.1, 0.15) is 48.8 Å². The van der Waals surface area contributed by atoms with Crippen molar-refractivity contribution in [3.63, 3.8) is 0 Å². The smallest absolute Gasteiger partial charge is 0.0991 e. The van der Waals surface area contributed by atoms with Gasteiger partial charge in [-0.05, 0) is 43.0 Å². The largest absolute Gasteiger partial charge is 0.314 e. The van der Waals surface area contributed by atoms with Crippen LogP contribution in [0.3, 0.4) is 0 Å². The fourth-order valence-corrected chi connectivity index (χ4v) is 3.98. The van der Waals surface area contributed by atoms with Crippen LogP contribution in [0.2, 0.25) is 0 Å². The first kappa shape index (κ1) is 14.6. The van der Waals surface area contributed by atoms with Crippen LogP contribution in [-0.2, 0) is 6.54 Å². The summed E-state index contributed by atoms with van der Waals surface area (Å²) >= 11 is 0. The molecule has 2 aliphatic rings. The predicted molar refractivity (Wildman–Crippen MR) is 85.0 cm³/mol. The van der Waals surface area contributed by atoms with Gasteiger partial charge < -0.3 is 5.32 Å². The monoisotopic (exact) mass is 283 g/mol. The molecule has 2 fully saturated rings. The Morgan fingerprint density at radius 2 is 2.10 bits per heavy atom. The minimum Gasteiger partial charge on any atom is -0.314 e. The zero-order valence-electron chi connectivity index (χ0n) is 13.0. The Balaban J connectivity index is 1.80. The van der Waals surface area contributed by atoms with Crippen molar-refractivity contribution in [2.75, 3.05) is 19.6 Å². The van der Waals surface area contributed by atoms with Gasteiger partial charge in [0.2, 0.25) is 0 Å². The molecule has 0 radical (unpaired) electrons. The molecule has 0 atom stereocenters. The molecular weight excluding hydrogens is 258 g/mol. The maximum atomic E-state index is 9.00. The van der Waals surface area contributed by atoms with Crippen molar-refractivity contribution in [3.05, 3.63) is 34.9 Å². The molecule has 0 bridgehead atoms. The van der Waals surface area contributed by atoms with Crippen molar-refractivity contribution < 1.29 is 0 Å². The molecule has 3 heteroatoms. The lowest BCUT2D eigenvalue weighted by Crippen LogP contribution is -2.61. The number of nitrogens with one attached hydrogen (secondary N) is 1. The highest BCUT2D eigenvalue weighted by molar-refractivity contribution is 5.37. The summed E-state index contributed by atoms with van der Waals surface area (Å²) < 4.78 is 0. The van der Waals surface area contributed by atoms with Gasteiger partial charge in [0.1, 0.15) is 0 Å². The van der Waals surface area contributed by atoms with E-state index < -0.39 is 0 Å². The van der Waals surface area contributed by atoms with Crippen LogP contribution in [0.15, 0.2) is 18.2 Å². The Morgan fingerprint density at radius 1 is 1.29 bits per heavy atom. The second kappa shape index (κ2) is 6.17. The van der Waals surface area contributed by atoms with E-state index in [9.17, 15) is 0 Å². The number of nitriles is 1. The van der Waals surface area contributed by atoms with Crippen LogP contribution in [0, 0.1) is 18.3 Å². The molecule has 3 rings (SSSR count). The molecule has 21 heavy (non-hydrogen) atoms. The SMILES string of the molecule is Cc1cc(C#N)ccc1CN1CCNCC12CCCCC2. The lowest BCUT2D eigenvalue weighted by Gasteiger charge is -2.50. The van der Waals surface area contributed by atoms with E-state index in [-0.39, 0.29) is 0 Å². The first-order chi connectivity index (χ1) is 10.2. The Morgan fingerprint density at radius 3 is 2.81 bits per heavy atom. The van der Waals surface area contributed by atoms with Gasteiger partial charge in [0.25, 0.3) is 0 Å². The van der Waals surface area contributed by atoms with Crippen LogP contribution in [0.5, 0.6) is 0 Å². The minimum atomic E-state index is 0.372. The summed E-state index contributed by atoms with van der Waals surface area (Å²) in [6.45, 7) is 6.53. The molecule has 0 unspecified atom stereocenters. The molecule has 3 nitrogen and oxygen atoms in total. The molecule has 1 aromatic carbocycles. The lowest BCUT2D eigenvalue weighted by molar-refractivity contribution is 0.0207. The summed E-state index contributed by atoms with van der Waals surface area (Å²) in [5, 5.41) is 12.6. The molecule has 1 aliphatic heterocycles. The van der Waals surface area contributed by atoms with E-state index >= 15 is 0 Å². The average Bonchev–Trinajstić information content (AvgIpc) is 2.52. The van der Waals surface area contributed by atoms with E-state index in [1.165, 1.54) is 43.2 Å². The third kappa shape index (κ3) is 2.97. The summed E-state index contributed by atoms with van der Waals surface area (Å²) in [5.41, 5.74) is 3.76. The third-order valence-corrected chi connectivity index (χ3v) is 5.30. The second-order valence-electron chi connectivity index (χ2n) is 6.64. The molecule has 1 saturated heterocycles. The standard InChI is InChI=1S/C18H25N3/c1-15-11-16(12-19)5-6-17(15)13-21-10-9-20-14-18(21)7-3-2-4-8-18/h5-6,11,20H,2-4,7-10,13-14H2,1H3. The minimum absolute atomic E-state index is 0.372. The van der Waals surface area contributed by atoms with Gasteiger partial charge in [-0.25, -0.2) is 0 Å². The molecular formula is C18H25N3. The Kier molecular flexibility index (Phi) is 4.28. The fourth-order valence-electron chi connectivity index (χ4n) is 3.98. The van der Waals surface area contributed by atoms with Crippen LogP contribution in [0.4, 0.5) is 0 Å². The molecule has 1 aliphatic carbocycles. The number of benzene rings is 1. The maximum Gasteiger partial charge on any atom is 0.0991 e. The summed E-state index contributed by atoms with van der Waals surface area (Å²) in [6.07, 6.45) is 6.78. The van der Waals surface area contributed by atoms with Crippen LogP contribution in [-0.4, -0.2) is 30.1 Å². The highest BCUT2D eigenvalue weighted by Gasteiger charge is 2.39. The highest BCUT2D eigenvalue weighted by atomic mass is 15.3. The first-order valence-corrected chi connectivity index (χ1v) is 8.19. The van der Waals surface area contributed by atoms with Crippen molar-refractivity contribution in [1.29, 1.82) is 5.26 Å². The number of rotatable bonds is 2. The van der Waals surface area contributed by atoms with Gasteiger partial charge in [-0.3, -0.25) is 4.90 Å². The molecule has 112 valence electrons. The quantitative estimate of drug-likeness (QED) is 0.907.